The van der Waals surface area contributed by atoms with Crippen molar-refractivity contribution in [1.29, 1.82) is 0 Å². The molecule has 1 aliphatic carbocycles. The lowest BCUT2D eigenvalue weighted by Gasteiger charge is -2.37. The number of nitrogens with zero attached hydrogens (tertiary/aromatic N) is 1. The maximum atomic E-state index is 10.1. The van der Waals surface area contributed by atoms with Gasteiger partial charge in [-0.25, -0.2) is 0 Å². The molecule has 0 saturated heterocycles. The second kappa shape index (κ2) is 9.83. The van der Waals surface area contributed by atoms with Crippen LogP contribution in [0.15, 0.2) is 0 Å². The molecule has 0 unspecified atom stereocenters. The third-order valence-electron chi connectivity index (χ3n) is 4.72. The normalized spacial score (nSPS) is 24.7. The van der Waals surface area contributed by atoms with Crippen LogP contribution >= 0.6 is 0 Å². The van der Waals surface area contributed by atoms with Crippen LogP contribution in [0, 0.1) is 11.3 Å². The molecular weight excluding hydrogens is 282 g/mol. The van der Waals surface area contributed by atoms with Crippen molar-refractivity contribution >= 4 is 0 Å². The molecule has 1 saturated carbocycles. The molecule has 0 aromatic carbocycles. The lowest BCUT2D eigenvalue weighted by atomic mass is 9.72. The quantitative estimate of drug-likeness (QED) is 0.597. The summed E-state index contributed by atoms with van der Waals surface area (Å²) >= 11 is 0. The highest BCUT2D eigenvalue weighted by atomic mass is 16.5. The minimum Gasteiger partial charge on any atom is -0.395 e. The summed E-state index contributed by atoms with van der Waals surface area (Å²) in [5.41, 5.74) is 0.375. The largest absolute Gasteiger partial charge is 0.395 e. The van der Waals surface area contributed by atoms with Crippen molar-refractivity contribution in [3.05, 3.63) is 0 Å². The number of aliphatic hydroxyl groups is 3. The van der Waals surface area contributed by atoms with Gasteiger partial charge in [0.2, 0.25) is 0 Å². The van der Waals surface area contributed by atoms with E-state index in [4.69, 9.17) is 14.9 Å². The molecule has 0 radical (unpaired) electrons. The predicted molar refractivity (Wildman–Crippen MR) is 87.8 cm³/mol. The summed E-state index contributed by atoms with van der Waals surface area (Å²) in [6.45, 7) is 8.67. The summed E-state index contributed by atoms with van der Waals surface area (Å²) in [5.74, 6) is 0.766. The molecule has 5 heteroatoms. The first-order valence-corrected chi connectivity index (χ1v) is 8.60. The molecular formula is C17H35NO4. The topological polar surface area (TPSA) is 73.2 Å². The van der Waals surface area contributed by atoms with E-state index in [1.54, 1.807) is 0 Å². The number of hydrogen-bond donors (Lipinski definition) is 3. The van der Waals surface area contributed by atoms with Crippen LogP contribution in [-0.4, -0.2) is 71.9 Å². The fourth-order valence-electron chi connectivity index (χ4n) is 3.27. The zero-order valence-electron chi connectivity index (χ0n) is 14.5. The smallest absolute Gasteiger partial charge is 0.0900 e. The Hall–Kier alpha value is -0.200. The minimum absolute atomic E-state index is 0.0321. The van der Waals surface area contributed by atoms with Crippen molar-refractivity contribution in [2.24, 2.45) is 11.3 Å². The highest BCUT2D eigenvalue weighted by molar-refractivity contribution is 4.81. The van der Waals surface area contributed by atoms with E-state index >= 15 is 0 Å². The van der Waals surface area contributed by atoms with E-state index in [2.05, 4.69) is 20.8 Å². The average Bonchev–Trinajstić information content (AvgIpc) is 2.45. The molecule has 0 amide bonds. The fourth-order valence-corrected chi connectivity index (χ4v) is 3.27. The van der Waals surface area contributed by atoms with Gasteiger partial charge in [-0.15, -0.1) is 0 Å². The first kappa shape index (κ1) is 19.8. The highest BCUT2D eigenvalue weighted by Gasteiger charge is 2.30. The Morgan fingerprint density at radius 2 is 1.59 bits per heavy atom. The van der Waals surface area contributed by atoms with Crippen LogP contribution in [0.4, 0.5) is 0 Å². The SMILES string of the molecule is CC(C)(C)C1CCC(OC[C@@H](O)CN(CCO)CCO)CC1. The minimum atomic E-state index is -0.571. The van der Waals surface area contributed by atoms with Crippen molar-refractivity contribution in [2.45, 2.75) is 58.7 Å². The summed E-state index contributed by atoms with van der Waals surface area (Å²) in [4.78, 5) is 1.85. The second-order valence-corrected chi connectivity index (χ2v) is 7.57. The zero-order valence-corrected chi connectivity index (χ0v) is 14.5. The Morgan fingerprint density at radius 1 is 1.05 bits per heavy atom. The first-order chi connectivity index (χ1) is 10.4. The van der Waals surface area contributed by atoms with E-state index in [0.29, 0.717) is 31.7 Å². The van der Waals surface area contributed by atoms with Crippen LogP contribution in [0.1, 0.15) is 46.5 Å². The fraction of sp³-hybridized carbons (Fsp3) is 1.00. The van der Waals surface area contributed by atoms with E-state index in [1.165, 1.54) is 12.8 Å². The maximum absolute atomic E-state index is 10.1. The number of hydrogen-bond acceptors (Lipinski definition) is 5. The van der Waals surface area contributed by atoms with E-state index in [1.807, 2.05) is 4.90 Å². The molecule has 0 bridgehead atoms. The molecule has 0 aliphatic heterocycles. The van der Waals surface area contributed by atoms with Gasteiger partial charge in [-0.1, -0.05) is 20.8 Å². The van der Waals surface area contributed by atoms with Crippen LogP contribution in [0.5, 0.6) is 0 Å². The van der Waals surface area contributed by atoms with Gasteiger partial charge >= 0.3 is 0 Å². The van der Waals surface area contributed by atoms with Crippen LogP contribution in [-0.2, 0) is 4.74 Å². The highest BCUT2D eigenvalue weighted by Crippen LogP contribution is 2.38. The predicted octanol–water partition coefficient (Wildman–Crippen LogP) is 1.26. The van der Waals surface area contributed by atoms with Crippen LogP contribution in [0.3, 0.4) is 0 Å². The monoisotopic (exact) mass is 317 g/mol. The lowest BCUT2D eigenvalue weighted by Crippen LogP contribution is -2.39. The third-order valence-corrected chi connectivity index (χ3v) is 4.72. The van der Waals surface area contributed by atoms with Crippen molar-refractivity contribution in [3.8, 4) is 0 Å². The van der Waals surface area contributed by atoms with Crippen LogP contribution < -0.4 is 0 Å². The van der Waals surface area contributed by atoms with Crippen LogP contribution in [0.2, 0.25) is 0 Å². The Kier molecular flexibility index (Phi) is 8.87. The number of aliphatic hydroxyl groups excluding tert-OH is 3. The van der Waals surface area contributed by atoms with Gasteiger partial charge in [-0.3, -0.25) is 4.90 Å². The third kappa shape index (κ3) is 7.38. The molecule has 1 fully saturated rings. The maximum Gasteiger partial charge on any atom is 0.0900 e. The average molecular weight is 317 g/mol. The molecule has 0 spiro atoms. The molecule has 1 rings (SSSR count). The van der Waals surface area contributed by atoms with Crippen molar-refractivity contribution in [1.82, 2.24) is 4.90 Å². The van der Waals surface area contributed by atoms with Crippen LogP contribution in [0.25, 0.3) is 0 Å². The Labute approximate surface area is 135 Å². The molecule has 0 heterocycles. The summed E-state index contributed by atoms with van der Waals surface area (Å²) in [6.07, 6.45) is 4.24. The van der Waals surface area contributed by atoms with E-state index in [-0.39, 0.29) is 19.3 Å². The summed E-state index contributed by atoms with van der Waals surface area (Å²) in [6, 6.07) is 0. The molecule has 132 valence electrons. The standard InChI is InChI=1S/C17H35NO4/c1-17(2,3)14-4-6-16(7-5-14)22-13-15(21)12-18(8-10-19)9-11-20/h14-16,19-21H,4-13H2,1-3H3/t14?,15-,16?/m0/s1. The van der Waals surface area contributed by atoms with Crippen molar-refractivity contribution < 1.29 is 20.1 Å². The molecule has 1 aliphatic rings. The van der Waals surface area contributed by atoms with Gasteiger partial charge in [-0.05, 0) is 37.0 Å². The lowest BCUT2D eigenvalue weighted by molar-refractivity contribution is -0.0458. The second-order valence-electron chi connectivity index (χ2n) is 7.57. The summed E-state index contributed by atoms with van der Waals surface area (Å²) < 4.78 is 5.86. The molecule has 5 nitrogen and oxygen atoms in total. The Bertz CT molecular complexity index is 279. The molecule has 3 N–H and O–H groups in total. The van der Waals surface area contributed by atoms with E-state index in [0.717, 1.165) is 18.8 Å². The zero-order chi connectivity index (χ0) is 16.6. The molecule has 0 aromatic rings. The van der Waals surface area contributed by atoms with E-state index < -0.39 is 6.10 Å². The number of rotatable bonds is 9. The molecule has 0 aromatic heterocycles. The van der Waals surface area contributed by atoms with E-state index in [9.17, 15) is 5.11 Å². The first-order valence-electron chi connectivity index (χ1n) is 8.60. The Balaban J connectivity index is 2.23. The van der Waals surface area contributed by atoms with Crippen molar-refractivity contribution in [3.63, 3.8) is 0 Å². The van der Waals surface area contributed by atoms with Gasteiger partial charge in [-0.2, -0.15) is 0 Å². The van der Waals surface area contributed by atoms with Crippen molar-refractivity contribution in [2.75, 3.05) is 39.5 Å². The van der Waals surface area contributed by atoms with Gasteiger partial charge in [0.25, 0.3) is 0 Å². The summed E-state index contributed by atoms with van der Waals surface area (Å²) in [7, 11) is 0. The Morgan fingerprint density at radius 3 is 2.05 bits per heavy atom. The van der Waals surface area contributed by atoms with Gasteiger partial charge in [0, 0.05) is 19.6 Å². The van der Waals surface area contributed by atoms with Gasteiger partial charge in [0.1, 0.15) is 0 Å². The van der Waals surface area contributed by atoms with Gasteiger partial charge in [0.05, 0.1) is 32.0 Å². The molecule has 22 heavy (non-hydrogen) atoms. The van der Waals surface area contributed by atoms with Gasteiger partial charge < -0.3 is 20.1 Å². The van der Waals surface area contributed by atoms with Gasteiger partial charge in [0.15, 0.2) is 0 Å². The number of ether oxygens (including phenoxy) is 1. The molecule has 1 atom stereocenters. The summed E-state index contributed by atoms with van der Waals surface area (Å²) in [5, 5.41) is 28.0.